The maximum absolute atomic E-state index is 13.5. The van der Waals surface area contributed by atoms with Crippen molar-refractivity contribution in [3.63, 3.8) is 0 Å². The van der Waals surface area contributed by atoms with Crippen molar-refractivity contribution in [2.45, 2.75) is 46.5 Å². The van der Waals surface area contributed by atoms with Gasteiger partial charge in [-0.25, -0.2) is 4.79 Å². The van der Waals surface area contributed by atoms with E-state index in [9.17, 15) is 9.59 Å². The summed E-state index contributed by atoms with van der Waals surface area (Å²) in [5.74, 6) is -0.253. The number of carbonyl (C=O) groups is 2. The van der Waals surface area contributed by atoms with Gasteiger partial charge in [0, 0.05) is 24.0 Å². The summed E-state index contributed by atoms with van der Waals surface area (Å²) in [7, 11) is 0. The predicted octanol–water partition coefficient (Wildman–Crippen LogP) is 4.73. The molecule has 2 aromatic rings. The number of Topliss-reactive ketones (excluding diaryl/α,β-unsaturated/α-hetero) is 1. The normalized spacial score (nSPS) is 20.1. The highest BCUT2D eigenvalue weighted by atomic mass is 16.5. The highest BCUT2D eigenvalue weighted by Gasteiger charge is 2.46. The summed E-state index contributed by atoms with van der Waals surface area (Å²) in [6, 6.07) is 11.7. The lowest BCUT2D eigenvalue weighted by molar-refractivity contribution is -0.139. The summed E-state index contributed by atoms with van der Waals surface area (Å²) in [5, 5.41) is 1.87. The summed E-state index contributed by atoms with van der Waals surface area (Å²) in [6.45, 7) is 8.31. The fourth-order valence-electron chi connectivity index (χ4n) is 4.74. The molecule has 1 unspecified atom stereocenters. The highest BCUT2D eigenvalue weighted by Crippen LogP contribution is 2.51. The van der Waals surface area contributed by atoms with Gasteiger partial charge >= 0.3 is 5.97 Å². The van der Waals surface area contributed by atoms with E-state index in [1.165, 1.54) is 0 Å². The summed E-state index contributed by atoms with van der Waals surface area (Å²) in [5.41, 5.74) is 7.41. The Kier molecular flexibility index (Phi) is 5.71. The maximum atomic E-state index is 13.5. The van der Waals surface area contributed by atoms with Crippen LogP contribution in [0, 0.1) is 5.41 Å². The van der Waals surface area contributed by atoms with Crippen LogP contribution >= 0.6 is 0 Å². The second-order valence-corrected chi connectivity index (χ2v) is 8.94. The van der Waals surface area contributed by atoms with E-state index in [1.807, 2.05) is 57.2 Å². The Morgan fingerprint density at radius 1 is 1.12 bits per heavy atom. The molecule has 2 aliphatic rings. The molecule has 0 aromatic heterocycles. The third-order valence-corrected chi connectivity index (χ3v) is 5.97. The van der Waals surface area contributed by atoms with Gasteiger partial charge in [-0.15, -0.1) is 0 Å². The standard InChI is InChI=1S/C26H29NO5/c1-5-30-18-12-11-15-9-7-8-10-16(15)20(18)22-21-17(28)13-26(3,4)14-19(21)32-24(27)23(22)25(29)31-6-2/h7-12,22H,5-6,13-14,27H2,1-4H3. The number of nitrogens with two attached hydrogens (primary N) is 1. The van der Waals surface area contributed by atoms with Crippen LogP contribution in [0.15, 0.2) is 59.2 Å². The maximum Gasteiger partial charge on any atom is 0.340 e. The number of rotatable bonds is 5. The molecule has 168 valence electrons. The molecule has 0 saturated heterocycles. The minimum atomic E-state index is -0.728. The Morgan fingerprint density at radius 3 is 2.59 bits per heavy atom. The number of allylic oxidation sites excluding steroid dienone is 2. The van der Waals surface area contributed by atoms with Crippen LogP contribution in [0.25, 0.3) is 10.8 Å². The molecule has 1 heterocycles. The average Bonchev–Trinajstić information content (AvgIpc) is 2.72. The summed E-state index contributed by atoms with van der Waals surface area (Å²) in [6.07, 6.45) is 0.909. The van der Waals surface area contributed by atoms with Gasteiger partial charge in [-0.05, 0) is 36.1 Å². The second-order valence-electron chi connectivity index (χ2n) is 8.94. The van der Waals surface area contributed by atoms with Crippen molar-refractivity contribution in [1.29, 1.82) is 0 Å². The molecule has 2 N–H and O–H groups in total. The van der Waals surface area contributed by atoms with Crippen molar-refractivity contribution >= 4 is 22.5 Å². The molecule has 0 fully saturated rings. The van der Waals surface area contributed by atoms with Crippen molar-refractivity contribution in [2.75, 3.05) is 13.2 Å². The number of carbonyl (C=O) groups excluding carboxylic acids is 2. The van der Waals surface area contributed by atoms with Crippen LogP contribution in [0.1, 0.15) is 52.0 Å². The van der Waals surface area contributed by atoms with Gasteiger partial charge in [-0.3, -0.25) is 4.79 Å². The van der Waals surface area contributed by atoms with Crippen molar-refractivity contribution in [3.8, 4) is 5.75 Å². The molecule has 0 bridgehead atoms. The van der Waals surface area contributed by atoms with Crippen LogP contribution in [0.3, 0.4) is 0 Å². The van der Waals surface area contributed by atoms with Gasteiger partial charge in [0.1, 0.15) is 17.1 Å². The molecule has 0 amide bonds. The molecule has 4 rings (SSSR count). The number of fused-ring (bicyclic) bond motifs is 1. The SMILES string of the molecule is CCOC(=O)C1=C(N)OC2=C(C(=O)CC(C)(C)C2)C1c1c(OCC)ccc2ccccc12. The Labute approximate surface area is 188 Å². The first-order chi connectivity index (χ1) is 15.3. The second kappa shape index (κ2) is 8.34. The first kappa shape index (κ1) is 21.9. The minimum Gasteiger partial charge on any atom is -0.494 e. The van der Waals surface area contributed by atoms with Crippen molar-refractivity contribution in [1.82, 2.24) is 0 Å². The third-order valence-electron chi connectivity index (χ3n) is 5.97. The number of esters is 1. The predicted molar refractivity (Wildman–Crippen MR) is 122 cm³/mol. The largest absolute Gasteiger partial charge is 0.494 e. The minimum absolute atomic E-state index is 0.0203. The molecule has 0 radical (unpaired) electrons. The number of hydrogen-bond donors (Lipinski definition) is 1. The van der Waals surface area contributed by atoms with E-state index in [0.717, 1.165) is 16.3 Å². The van der Waals surface area contributed by atoms with E-state index in [4.69, 9.17) is 19.9 Å². The molecule has 1 atom stereocenters. The lowest BCUT2D eigenvalue weighted by Crippen LogP contribution is -2.36. The van der Waals surface area contributed by atoms with E-state index >= 15 is 0 Å². The Morgan fingerprint density at radius 2 is 1.88 bits per heavy atom. The van der Waals surface area contributed by atoms with Crippen LogP contribution in [0.2, 0.25) is 0 Å². The first-order valence-corrected chi connectivity index (χ1v) is 11.0. The molecule has 0 spiro atoms. The quantitative estimate of drug-likeness (QED) is 0.683. The van der Waals surface area contributed by atoms with Crippen molar-refractivity contribution in [2.24, 2.45) is 11.1 Å². The van der Waals surface area contributed by atoms with E-state index in [0.29, 0.717) is 36.5 Å². The van der Waals surface area contributed by atoms with Gasteiger partial charge in [0.05, 0.1) is 19.1 Å². The summed E-state index contributed by atoms with van der Waals surface area (Å²) < 4.78 is 17.2. The molecule has 1 aliphatic heterocycles. The zero-order valence-electron chi connectivity index (χ0n) is 19.0. The molecule has 6 nitrogen and oxygen atoms in total. The van der Waals surface area contributed by atoms with E-state index in [2.05, 4.69) is 0 Å². The fraction of sp³-hybridized carbons (Fsp3) is 0.385. The molecule has 0 saturated carbocycles. The van der Waals surface area contributed by atoms with Crippen LogP contribution in [-0.2, 0) is 19.1 Å². The topological polar surface area (TPSA) is 87.9 Å². The summed E-state index contributed by atoms with van der Waals surface area (Å²) >= 11 is 0. The number of hydrogen-bond acceptors (Lipinski definition) is 6. The van der Waals surface area contributed by atoms with Crippen LogP contribution in [0.5, 0.6) is 5.75 Å². The van der Waals surface area contributed by atoms with Gasteiger partial charge in [0.2, 0.25) is 5.88 Å². The van der Waals surface area contributed by atoms with Crippen molar-refractivity contribution in [3.05, 3.63) is 64.8 Å². The van der Waals surface area contributed by atoms with E-state index in [-0.39, 0.29) is 29.3 Å². The Hall–Kier alpha value is -3.28. The van der Waals surface area contributed by atoms with Crippen LogP contribution in [0.4, 0.5) is 0 Å². The van der Waals surface area contributed by atoms with Gasteiger partial charge in [0.25, 0.3) is 0 Å². The molecule has 1 aliphatic carbocycles. The summed E-state index contributed by atoms with van der Waals surface area (Å²) in [4.78, 5) is 26.6. The highest BCUT2D eigenvalue weighted by molar-refractivity contribution is 6.05. The van der Waals surface area contributed by atoms with E-state index < -0.39 is 11.9 Å². The molecular weight excluding hydrogens is 406 g/mol. The van der Waals surface area contributed by atoms with Gasteiger partial charge in [0.15, 0.2) is 5.78 Å². The zero-order chi connectivity index (χ0) is 23.0. The molecular formula is C26H29NO5. The van der Waals surface area contributed by atoms with Gasteiger partial charge in [-0.1, -0.05) is 44.2 Å². The Bertz CT molecular complexity index is 1160. The zero-order valence-corrected chi connectivity index (χ0v) is 19.0. The van der Waals surface area contributed by atoms with Gasteiger partial charge < -0.3 is 19.9 Å². The Balaban J connectivity index is 2.05. The first-order valence-electron chi connectivity index (χ1n) is 11.0. The number of ketones is 1. The number of ether oxygens (including phenoxy) is 3. The fourth-order valence-corrected chi connectivity index (χ4v) is 4.74. The van der Waals surface area contributed by atoms with Crippen LogP contribution in [-0.4, -0.2) is 25.0 Å². The van der Waals surface area contributed by atoms with Crippen LogP contribution < -0.4 is 10.5 Å². The van der Waals surface area contributed by atoms with E-state index in [1.54, 1.807) is 6.92 Å². The van der Waals surface area contributed by atoms with Gasteiger partial charge in [-0.2, -0.15) is 0 Å². The number of benzene rings is 2. The smallest absolute Gasteiger partial charge is 0.340 e. The molecule has 2 aromatic carbocycles. The average molecular weight is 436 g/mol. The molecule has 6 heteroatoms. The van der Waals surface area contributed by atoms with Crippen molar-refractivity contribution < 1.29 is 23.8 Å². The molecule has 32 heavy (non-hydrogen) atoms. The lowest BCUT2D eigenvalue weighted by atomic mass is 9.69. The monoisotopic (exact) mass is 435 g/mol. The lowest BCUT2D eigenvalue weighted by Gasteiger charge is -2.38. The third kappa shape index (κ3) is 3.74.